The summed E-state index contributed by atoms with van der Waals surface area (Å²) in [6.07, 6.45) is 0.405. The Kier molecular flexibility index (Phi) is 3.66. The van der Waals surface area contributed by atoms with Gasteiger partial charge in [0.1, 0.15) is 12.1 Å². The van der Waals surface area contributed by atoms with Crippen molar-refractivity contribution in [3.8, 4) is 0 Å². The molecule has 2 fully saturated rings. The molecule has 2 aromatic carbocycles. The number of anilines is 1. The maximum Gasteiger partial charge on any atom is 0.243 e. The van der Waals surface area contributed by atoms with Gasteiger partial charge < -0.3 is 16.0 Å². The van der Waals surface area contributed by atoms with E-state index in [1.165, 1.54) is 0 Å². The number of fused-ring (bicyclic) bond motifs is 3. The van der Waals surface area contributed by atoms with E-state index in [0.29, 0.717) is 12.8 Å². The minimum absolute atomic E-state index is 0.184. The van der Waals surface area contributed by atoms with Gasteiger partial charge in [0.2, 0.25) is 11.8 Å². The van der Waals surface area contributed by atoms with Gasteiger partial charge in [0.15, 0.2) is 11.8 Å². The third kappa shape index (κ3) is 2.58. The second-order valence-corrected chi connectivity index (χ2v) is 7.16. The highest BCUT2D eigenvalue weighted by Crippen LogP contribution is 2.51. The largest absolute Gasteiger partial charge is 0.355 e. The van der Waals surface area contributed by atoms with E-state index in [4.69, 9.17) is 9.78 Å². The summed E-state index contributed by atoms with van der Waals surface area (Å²) in [6.45, 7) is 0. The Labute approximate surface area is 156 Å². The topological polar surface area (TPSA) is 88.7 Å². The second-order valence-electron chi connectivity index (χ2n) is 7.16. The van der Waals surface area contributed by atoms with Gasteiger partial charge in [-0.05, 0) is 11.6 Å². The molecule has 5 rings (SSSR count). The van der Waals surface area contributed by atoms with Crippen molar-refractivity contribution in [3.63, 3.8) is 0 Å². The molecule has 2 saturated heterocycles. The number of rotatable bonds is 4. The second kappa shape index (κ2) is 6.07. The normalized spacial score (nSPS) is 31.0. The Morgan fingerprint density at radius 2 is 1.56 bits per heavy atom. The first-order valence-corrected chi connectivity index (χ1v) is 9.01. The smallest absolute Gasteiger partial charge is 0.243 e. The average molecular weight is 365 g/mol. The number of piperazine rings is 1. The summed E-state index contributed by atoms with van der Waals surface area (Å²) in [4.78, 5) is 35.9. The first-order valence-electron chi connectivity index (χ1n) is 9.01. The van der Waals surface area contributed by atoms with E-state index < -0.39 is 17.7 Å². The molecule has 4 atom stereocenters. The lowest BCUT2D eigenvalue weighted by atomic mass is 9.85. The minimum atomic E-state index is -0.766. The molecule has 2 aromatic rings. The highest BCUT2D eigenvalue weighted by atomic mass is 17.3. The van der Waals surface area contributed by atoms with Crippen LogP contribution in [0.4, 0.5) is 5.69 Å². The summed E-state index contributed by atoms with van der Waals surface area (Å²) in [5.41, 5.74) is 2.09. The van der Waals surface area contributed by atoms with Gasteiger partial charge in [0.25, 0.3) is 0 Å². The van der Waals surface area contributed by atoms with Crippen LogP contribution < -0.4 is 16.0 Å². The average Bonchev–Trinajstić information content (AvgIpc) is 2.88. The van der Waals surface area contributed by atoms with Crippen molar-refractivity contribution in [2.24, 2.45) is 0 Å². The van der Waals surface area contributed by atoms with Crippen LogP contribution in [0.25, 0.3) is 0 Å². The molecule has 0 bridgehead atoms. The van der Waals surface area contributed by atoms with Crippen LogP contribution >= 0.6 is 0 Å². The molecule has 0 spiro atoms. The van der Waals surface area contributed by atoms with Crippen molar-refractivity contribution in [2.45, 2.75) is 36.8 Å². The van der Waals surface area contributed by atoms with E-state index in [0.717, 1.165) is 16.8 Å². The maximum atomic E-state index is 12.7. The summed E-state index contributed by atoms with van der Waals surface area (Å²) >= 11 is 0. The van der Waals surface area contributed by atoms with E-state index >= 15 is 0 Å². The van der Waals surface area contributed by atoms with Crippen LogP contribution in [-0.4, -0.2) is 30.1 Å². The highest BCUT2D eigenvalue weighted by Gasteiger charge is 2.60. The Morgan fingerprint density at radius 3 is 2.33 bits per heavy atom. The minimum Gasteiger partial charge on any atom is -0.355 e. The zero-order valence-electron chi connectivity index (χ0n) is 14.5. The molecule has 3 N–H and O–H groups in total. The monoisotopic (exact) mass is 365 g/mol. The van der Waals surface area contributed by atoms with Crippen LogP contribution in [-0.2, 0) is 31.4 Å². The summed E-state index contributed by atoms with van der Waals surface area (Å²) in [5.74, 6) is -0.389. The number of hydrogen-bond acceptors (Lipinski definition) is 5. The molecule has 4 unspecified atom stereocenters. The van der Waals surface area contributed by atoms with Gasteiger partial charge in [-0.25, -0.2) is 9.78 Å². The Morgan fingerprint density at radius 1 is 0.852 bits per heavy atom. The van der Waals surface area contributed by atoms with Crippen LogP contribution in [0, 0.1) is 0 Å². The predicted molar refractivity (Wildman–Crippen MR) is 96.3 cm³/mol. The quantitative estimate of drug-likeness (QED) is 0.709. The molecule has 2 amide bonds. The zero-order valence-corrected chi connectivity index (χ0v) is 14.5. The van der Waals surface area contributed by atoms with Crippen LogP contribution in [0.1, 0.15) is 17.5 Å². The van der Waals surface area contributed by atoms with E-state index in [-0.39, 0.29) is 18.0 Å². The van der Waals surface area contributed by atoms with Crippen LogP contribution in [0.3, 0.4) is 0 Å². The fraction of sp³-hybridized carbons (Fsp3) is 0.300. The number of para-hydroxylation sites is 1. The summed E-state index contributed by atoms with van der Waals surface area (Å²) in [7, 11) is 0. The molecular formula is C20H19N3O4. The van der Waals surface area contributed by atoms with E-state index in [9.17, 15) is 9.59 Å². The Balaban J connectivity index is 1.32. The third-order valence-corrected chi connectivity index (χ3v) is 5.44. The Hall–Kier alpha value is -2.90. The molecular weight excluding hydrogens is 346 g/mol. The number of hydrogen-bond donors (Lipinski definition) is 3. The van der Waals surface area contributed by atoms with Crippen molar-refractivity contribution in [1.29, 1.82) is 0 Å². The molecule has 0 radical (unpaired) electrons. The molecule has 7 heteroatoms. The lowest BCUT2D eigenvalue weighted by Crippen LogP contribution is -2.65. The first-order chi connectivity index (χ1) is 13.2. The lowest BCUT2D eigenvalue weighted by molar-refractivity contribution is -0.509. The number of carbonyl (C=O) groups is 2. The molecule has 3 aliphatic heterocycles. The van der Waals surface area contributed by atoms with E-state index in [1.807, 2.05) is 54.6 Å². The Bertz CT molecular complexity index is 903. The van der Waals surface area contributed by atoms with Crippen molar-refractivity contribution in [3.05, 3.63) is 65.7 Å². The van der Waals surface area contributed by atoms with Gasteiger partial charge in [0.05, 0.1) is 0 Å². The first kappa shape index (κ1) is 16.3. The number of nitrogens with one attached hydrogen (secondary N) is 3. The van der Waals surface area contributed by atoms with Gasteiger partial charge in [-0.1, -0.05) is 48.5 Å². The molecule has 138 valence electrons. The highest BCUT2D eigenvalue weighted by molar-refractivity contribution is 5.97. The van der Waals surface area contributed by atoms with E-state index in [2.05, 4.69) is 16.0 Å². The summed E-state index contributed by atoms with van der Waals surface area (Å²) in [5, 5.41) is 8.95. The summed E-state index contributed by atoms with van der Waals surface area (Å²) < 4.78 is 0. The van der Waals surface area contributed by atoms with Gasteiger partial charge in [-0.2, -0.15) is 0 Å². The van der Waals surface area contributed by atoms with Crippen LogP contribution in [0.5, 0.6) is 0 Å². The van der Waals surface area contributed by atoms with Crippen molar-refractivity contribution < 1.29 is 19.4 Å². The maximum absolute atomic E-state index is 12.7. The number of amides is 2. The van der Waals surface area contributed by atoms with Crippen LogP contribution in [0.15, 0.2) is 54.6 Å². The third-order valence-electron chi connectivity index (χ3n) is 5.44. The number of carbonyl (C=O) groups excluding carboxylic acids is 2. The molecule has 0 saturated carbocycles. The van der Waals surface area contributed by atoms with Gasteiger partial charge >= 0.3 is 0 Å². The fourth-order valence-electron chi connectivity index (χ4n) is 4.03. The van der Waals surface area contributed by atoms with Crippen molar-refractivity contribution in [2.75, 3.05) is 5.32 Å². The SMILES string of the molecule is O=C1NC(CC23OOC2Nc2ccccc23)C(=O)NC1Cc1ccccc1. The van der Waals surface area contributed by atoms with Crippen molar-refractivity contribution in [1.82, 2.24) is 10.6 Å². The summed E-state index contributed by atoms with van der Waals surface area (Å²) in [6, 6.07) is 16.1. The lowest BCUT2D eigenvalue weighted by Gasteiger charge is -2.44. The predicted octanol–water partition coefficient (Wildman–Crippen LogP) is 1.21. The molecule has 3 aliphatic rings. The molecule has 0 aromatic heterocycles. The van der Waals surface area contributed by atoms with Gasteiger partial charge in [0, 0.05) is 24.1 Å². The molecule has 7 nitrogen and oxygen atoms in total. The molecule has 0 aliphatic carbocycles. The number of benzene rings is 2. The van der Waals surface area contributed by atoms with Crippen molar-refractivity contribution >= 4 is 17.5 Å². The molecule has 27 heavy (non-hydrogen) atoms. The van der Waals surface area contributed by atoms with Gasteiger partial charge in [-0.15, -0.1) is 0 Å². The van der Waals surface area contributed by atoms with Crippen LogP contribution in [0.2, 0.25) is 0 Å². The molecule has 3 heterocycles. The van der Waals surface area contributed by atoms with E-state index in [1.54, 1.807) is 0 Å². The zero-order chi connectivity index (χ0) is 18.4. The standard InChI is InChI=1S/C20H19N3O4/c24-17-15(10-12-6-2-1-3-7-12)21-18(25)16(22-17)11-20-13-8-4-5-9-14(13)23-19(20)26-27-20/h1-9,15-16,19,23H,10-11H2,(H,21,25)(H,22,24). The van der Waals surface area contributed by atoms with Gasteiger partial charge in [-0.3, -0.25) is 9.59 Å². The fourth-order valence-corrected chi connectivity index (χ4v) is 4.03.